The Kier molecular flexibility index (Phi) is 5.13. The summed E-state index contributed by atoms with van der Waals surface area (Å²) in [6.45, 7) is 1.82. The second kappa shape index (κ2) is 6.91. The largest absolute Gasteiger partial charge is 0.462 e. The van der Waals surface area contributed by atoms with Gasteiger partial charge in [-0.2, -0.15) is 0 Å². The molecule has 0 spiro atoms. The van der Waals surface area contributed by atoms with Crippen molar-refractivity contribution in [3.8, 4) is 0 Å². The molecule has 128 valence electrons. The molecule has 5 nitrogen and oxygen atoms in total. The van der Waals surface area contributed by atoms with Gasteiger partial charge in [-0.15, -0.1) is 0 Å². The van der Waals surface area contributed by atoms with Gasteiger partial charge in [0, 0.05) is 5.69 Å². The second-order valence-corrected chi connectivity index (χ2v) is 6.23. The van der Waals surface area contributed by atoms with Crippen LogP contribution in [0.4, 0.5) is 18.9 Å². The highest BCUT2D eigenvalue weighted by molar-refractivity contribution is 7.92. The smallest absolute Gasteiger partial charge is 0.338 e. The number of nitrogens with one attached hydrogen (secondary N) is 1. The van der Waals surface area contributed by atoms with E-state index in [1.165, 1.54) is 24.3 Å². The quantitative estimate of drug-likeness (QED) is 0.658. The third kappa shape index (κ3) is 3.67. The van der Waals surface area contributed by atoms with Crippen molar-refractivity contribution in [2.24, 2.45) is 0 Å². The maximum absolute atomic E-state index is 13.6. The van der Waals surface area contributed by atoms with Gasteiger partial charge >= 0.3 is 5.97 Å². The van der Waals surface area contributed by atoms with Gasteiger partial charge in [0.25, 0.3) is 10.0 Å². The molecular weight excluding hydrogens is 347 g/mol. The molecule has 0 aliphatic heterocycles. The van der Waals surface area contributed by atoms with Crippen molar-refractivity contribution >= 4 is 21.7 Å². The van der Waals surface area contributed by atoms with E-state index in [1.807, 2.05) is 4.72 Å². The standard InChI is InChI=1S/C15H12F3NO4S/c1-2-23-15(20)9-3-5-10(6-4-9)19-24(21,22)12-8-7-11(16)13(17)14(12)18/h3-8,19H,2H2,1H3. The van der Waals surface area contributed by atoms with Crippen LogP contribution < -0.4 is 4.72 Å². The number of halogens is 3. The summed E-state index contributed by atoms with van der Waals surface area (Å²) in [5, 5.41) is 0. The summed E-state index contributed by atoms with van der Waals surface area (Å²) in [4.78, 5) is 10.5. The van der Waals surface area contributed by atoms with E-state index in [4.69, 9.17) is 4.74 Å². The Labute approximate surface area is 136 Å². The molecule has 0 aliphatic carbocycles. The lowest BCUT2D eigenvalue weighted by Crippen LogP contribution is -2.16. The van der Waals surface area contributed by atoms with E-state index in [-0.39, 0.29) is 17.9 Å². The lowest BCUT2D eigenvalue weighted by molar-refractivity contribution is 0.0526. The summed E-state index contributed by atoms with van der Waals surface area (Å²) in [7, 11) is -4.47. The minimum absolute atomic E-state index is 0.00665. The predicted octanol–water partition coefficient (Wildman–Crippen LogP) is 3.08. The molecule has 2 aromatic carbocycles. The van der Waals surface area contributed by atoms with Gasteiger partial charge < -0.3 is 4.74 Å². The first-order valence-electron chi connectivity index (χ1n) is 6.69. The third-order valence-electron chi connectivity index (χ3n) is 2.94. The number of hydrogen-bond donors (Lipinski definition) is 1. The first-order valence-corrected chi connectivity index (χ1v) is 8.18. The van der Waals surface area contributed by atoms with Crippen LogP contribution in [0.1, 0.15) is 17.3 Å². The fourth-order valence-electron chi connectivity index (χ4n) is 1.81. The van der Waals surface area contributed by atoms with Crippen LogP contribution in [0.2, 0.25) is 0 Å². The van der Waals surface area contributed by atoms with Crippen molar-refractivity contribution in [2.75, 3.05) is 11.3 Å². The third-order valence-corrected chi connectivity index (χ3v) is 4.34. The van der Waals surface area contributed by atoms with Gasteiger partial charge in [0.2, 0.25) is 0 Å². The van der Waals surface area contributed by atoms with Gasteiger partial charge in [0.1, 0.15) is 4.90 Å². The maximum atomic E-state index is 13.6. The van der Waals surface area contributed by atoms with Crippen LogP contribution in [0.5, 0.6) is 0 Å². The van der Waals surface area contributed by atoms with E-state index >= 15 is 0 Å². The minimum atomic E-state index is -4.47. The van der Waals surface area contributed by atoms with Crippen LogP contribution in [0.3, 0.4) is 0 Å². The van der Waals surface area contributed by atoms with Crippen molar-refractivity contribution < 1.29 is 31.1 Å². The predicted molar refractivity (Wildman–Crippen MR) is 79.5 cm³/mol. The molecule has 9 heteroatoms. The Morgan fingerprint density at radius 2 is 1.67 bits per heavy atom. The highest BCUT2D eigenvalue weighted by Gasteiger charge is 2.24. The number of hydrogen-bond acceptors (Lipinski definition) is 4. The Morgan fingerprint density at radius 1 is 1.04 bits per heavy atom. The van der Waals surface area contributed by atoms with Crippen LogP contribution in [0, 0.1) is 17.5 Å². The monoisotopic (exact) mass is 359 g/mol. The highest BCUT2D eigenvalue weighted by Crippen LogP contribution is 2.22. The van der Waals surface area contributed by atoms with Crippen LogP contribution >= 0.6 is 0 Å². The summed E-state index contributed by atoms with van der Waals surface area (Å²) in [6.07, 6.45) is 0. The molecule has 2 aromatic rings. The van der Waals surface area contributed by atoms with E-state index in [9.17, 15) is 26.4 Å². The lowest BCUT2D eigenvalue weighted by Gasteiger charge is -2.10. The van der Waals surface area contributed by atoms with E-state index in [0.29, 0.717) is 12.1 Å². The van der Waals surface area contributed by atoms with E-state index in [2.05, 4.69) is 0 Å². The Hall–Kier alpha value is -2.55. The number of rotatable bonds is 5. The average molecular weight is 359 g/mol. The van der Waals surface area contributed by atoms with E-state index in [1.54, 1.807) is 6.92 Å². The molecule has 1 N–H and O–H groups in total. The number of carbonyl (C=O) groups is 1. The summed E-state index contributed by atoms with van der Waals surface area (Å²) in [6, 6.07) is 6.23. The lowest BCUT2D eigenvalue weighted by atomic mass is 10.2. The molecular formula is C15H12F3NO4S. The summed E-state index contributed by atoms with van der Waals surface area (Å²) < 4.78 is 70.6. The molecule has 0 atom stereocenters. The van der Waals surface area contributed by atoms with Crippen molar-refractivity contribution in [2.45, 2.75) is 11.8 Å². The number of esters is 1. The van der Waals surface area contributed by atoms with Crippen LogP contribution in [-0.2, 0) is 14.8 Å². The minimum Gasteiger partial charge on any atom is -0.462 e. The Balaban J connectivity index is 2.27. The molecule has 0 heterocycles. The number of carbonyl (C=O) groups excluding carboxylic acids is 1. The Bertz CT molecular complexity index is 867. The summed E-state index contributed by atoms with van der Waals surface area (Å²) >= 11 is 0. The molecule has 0 amide bonds. The Morgan fingerprint density at radius 3 is 2.25 bits per heavy atom. The molecule has 0 aromatic heterocycles. The van der Waals surface area contributed by atoms with Crippen molar-refractivity contribution in [3.05, 3.63) is 59.4 Å². The number of anilines is 1. The number of sulfonamides is 1. The van der Waals surface area contributed by atoms with Crippen LogP contribution in [0.15, 0.2) is 41.3 Å². The SMILES string of the molecule is CCOC(=O)c1ccc(NS(=O)(=O)c2ccc(F)c(F)c2F)cc1. The normalized spacial score (nSPS) is 11.2. The van der Waals surface area contributed by atoms with Crippen molar-refractivity contribution in [1.82, 2.24) is 0 Å². The summed E-state index contributed by atoms with van der Waals surface area (Å²) in [5.41, 5.74) is 0.200. The van der Waals surface area contributed by atoms with Crippen molar-refractivity contribution in [3.63, 3.8) is 0 Å². The zero-order valence-electron chi connectivity index (χ0n) is 12.3. The molecule has 0 bridgehead atoms. The number of ether oxygens (including phenoxy) is 1. The summed E-state index contributed by atoms with van der Waals surface area (Å²) in [5.74, 6) is -5.77. The maximum Gasteiger partial charge on any atom is 0.338 e. The van der Waals surface area contributed by atoms with Gasteiger partial charge in [-0.05, 0) is 43.3 Å². The zero-order chi connectivity index (χ0) is 17.9. The fraction of sp³-hybridized carbons (Fsp3) is 0.133. The van der Waals surface area contributed by atoms with E-state index in [0.717, 1.165) is 0 Å². The van der Waals surface area contributed by atoms with Gasteiger partial charge in [-0.25, -0.2) is 26.4 Å². The first-order chi connectivity index (χ1) is 11.3. The number of benzene rings is 2. The molecule has 0 unspecified atom stereocenters. The highest BCUT2D eigenvalue weighted by atomic mass is 32.2. The first kappa shape index (κ1) is 17.8. The second-order valence-electron chi connectivity index (χ2n) is 4.58. The fourth-order valence-corrected chi connectivity index (χ4v) is 2.94. The molecule has 0 radical (unpaired) electrons. The average Bonchev–Trinajstić information content (AvgIpc) is 2.53. The van der Waals surface area contributed by atoms with Gasteiger partial charge in [0.05, 0.1) is 12.2 Å². The zero-order valence-corrected chi connectivity index (χ0v) is 13.2. The van der Waals surface area contributed by atoms with Crippen LogP contribution in [0.25, 0.3) is 0 Å². The molecule has 0 aliphatic rings. The van der Waals surface area contributed by atoms with Gasteiger partial charge in [-0.1, -0.05) is 0 Å². The van der Waals surface area contributed by atoms with Gasteiger partial charge in [0.15, 0.2) is 17.5 Å². The topological polar surface area (TPSA) is 72.5 Å². The molecule has 2 rings (SSSR count). The molecule has 0 saturated carbocycles. The van der Waals surface area contributed by atoms with Crippen LogP contribution in [-0.4, -0.2) is 21.0 Å². The van der Waals surface area contributed by atoms with E-state index < -0.39 is 38.3 Å². The van der Waals surface area contributed by atoms with Gasteiger partial charge in [-0.3, -0.25) is 4.72 Å². The molecule has 24 heavy (non-hydrogen) atoms. The van der Waals surface area contributed by atoms with Crippen molar-refractivity contribution in [1.29, 1.82) is 0 Å². The molecule has 0 fully saturated rings. The molecule has 0 saturated heterocycles.